The van der Waals surface area contributed by atoms with Gasteiger partial charge < -0.3 is 20.1 Å². The predicted octanol–water partition coefficient (Wildman–Crippen LogP) is 1.85. The van der Waals surface area contributed by atoms with E-state index in [0.29, 0.717) is 0 Å². The van der Waals surface area contributed by atoms with Crippen molar-refractivity contribution in [3.63, 3.8) is 0 Å². The van der Waals surface area contributed by atoms with Gasteiger partial charge in [-0.2, -0.15) is 0 Å². The van der Waals surface area contributed by atoms with E-state index in [0.717, 1.165) is 31.1 Å². The van der Waals surface area contributed by atoms with Crippen molar-refractivity contribution in [1.82, 2.24) is 10.6 Å². The molecule has 0 radical (unpaired) electrons. The molecule has 0 saturated carbocycles. The Hall–Kier alpha value is -1.26. The standard InChI is InChI=1S/C15H24N2O2/c1-11-7-13(18-3)14(19-4)8-12(11)9-17-15(2)5-6-16-10-15/h7-8,16-17H,5-6,9-10H2,1-4H3. The lowest BCUT2D eigenvalue weighted by atomic mass is 10.00. The average Bonchev–Trinajstić information content (AvgIpc) is 2.84. The van der Waals surface area contributed by atoms with Crippen molar-refractivity contribution >= 4 is 0 Å². The van der Waals surface area contributed by atoms with E-state index in [2.05, 4.69) is 30.5 Å². The molecule has 0 bridgehead atoms. The van der Waals surface area contributed by atoms with Gasteiger partial charge >= 0.3 is 0 Å². The Morgan fingerprint density at radius 2 is 1.95 bits per heavy atom. The first-order valence-electron chi connectivity index (χ1n) is 6.75. The number of ether oxygens (including phenoxy) is 2. The Morgan fingerprint density at radius 1 is 1.26 bits per heavy atom. The molecule has 19 heavy (non-hydrogen) atoms. The first-order valence-corrected chi connectivity index (χ1v) is 6.75. The van der Waals surface area contributed by atoms with Crippen LogP contribution in [0, 0.1) is 6.92 Å². The highest BCUT2D eigenvalue weighted by atomic mass is 16.5. The zero-order chi connectivity index (χ0) is 13.9. The molecule has 4 nitrogen and oxygen atoms in total. The van der Waals surface area contributed by atoms with Crippen molar-refractivity contribution < 1.29 is 9.47 Å². The van der Waals surface area contributed by atoms with Crippen LogP contribution >= 0.6 is 0 Å². The maximum Gasteiger partial charge on any atom is 0.161 e. The average molecular weight is 264 g/mol. The Labute approximate surface area is 115 Å². The van der Waals surface area contributed by atoms with Gasteiger partial charge in [0.25, 0.3) is 0 Å². The van der Waals surface area contributed by atoms with Crippen LogP contribution in [-0.2, 0) is 6.54 Å². The van der Waals surface area contributed by atoms with Crippen LogP contribution in [0.4, 0.5) is 0 Å². The second kappa shape index (κ2) is 5.80. The molecule has 106 valence electrons. The fraction of sp³-hybridized carbons (Fsp3) is 0.600. The molecule has 1 aromatic carbocycles. The zero-order valence-corrected chi connectivity index (χ0v) is 12.3. The molecule has 1 fully saturated rings. The molecular weight excluding hydrogens is 240 g/mol. The van der Waals surface area contributed by atoms with E-state index in [4.69, 9.17) is 9.47 Å². The van der Waals surface area contributed by atoms with Crippen molar-refractivity contribution in [2.45, 2.75) is 32.4 Å². The summed E-state index contributed by atoms with van der Waals surface area (Å²) in [5.41, 5.74) is 2.67. The van der Waals surface area contributed by atoms with Crippen molar-refractivity contribution in [3.8, 4) is 11.5 Å². The fourth-order valence-corrected chi connectivity index (χ4v) is 2.49. The summed E-state index contributed by atoms with van der Waals surface area (Å²) < 4.78 is 10.7. The predicted molar refractivity (Wildman–Crippen MR) is 77.0 cm³/mol. The van der Waals surface area contributed by atoms with Gasteiger partial charge in [-0.3, -0.25) is 0 Å². The molecule has 1 atom stereocenters. The molecule has 1 heterocycles. The molecule has 4 heteroatoms. The molecule has 1 aliphatic rings. The van der Waals surface area contributed by atoms with Crippen LogP contribution in [0.15, 0.2) is 12.1 Å². The lowest BCUT2D eigenvalue weighted by Crippen LogP contribution is -2.43. The maximum atomic E-state index is 5.36. The smallest absolute Gasteiger partial charge is 0.161 e. The molecule has 1 saturated heterocycles. The molecular formula is C15H24N2O2. The van der Waals surface area contributed by atoms with Crippen molar-refractivity contribution in [3.05, 3.63) is 23.3 Å². The Bertz CT molecular complexity index is 440. The van der Waals surface area contributed by atoms with Crippen LogP contribution < -0.4 is 20.1 Å². The summed E-state index contributed by atoms with van der Waals surface area (Å²) in [5.74, 6) is 1.58. The highest BCUT2D eigenvalue weighted by Gasteiger charge is 2.27. The van der Waals surface area contributed by atoms with Gasteiger partial charge in [-0.25, -0.2) is 0 Å². The highest BCUT2D eigenvalue weighted by molar-refractivity contribution is 5.47. The normalized spacial score (nSPS) is 22.5. The number of benzene rings is 1. The van der Waals surface area contributed by atoms with Crippen molar-refractivity contribution in [2.24, 2.45) is 0 Å². The molecule has 1 unspecified atom stereocenters. The minimum Gasteiger partial charge on any atom is -0.493 e. The molecule has 1 aliphatic heterocycles. The summed E-state index contributed by atoms with van der Waals surface area (Å²) >= 11 is 0. The number of aryl methyl sites for hydroxylation is 1. The first kappa shape index (κ1) is 14.2. The van der Waals surface area contributed by atoms with Crippen LogP contribution in [0.25, 0.3) is 0 Å². The second-order valence-electron chi connectivity index (χ2n) is 5.47. The number of methoxy groups -OCH3 is 2. The monoisotopic (exact) mass is 264 g/mol. The summed E-state index contributed by atoms with van der Waals surface area (Å²) in [6.45, 7) is 7.34. The zero-order valence-electron chi connectivity index (χ0n) is 12.3. The Morgan fingerprint density at radius 3 is 2.53 bits per heavy atom. The van der Waals surface area contributed by atoms with Crippen LogP contribution in [0.5, 0.6) is 11.5 Å². The minimum absolute atomic E-state index is 0.194. The lowest BCUT2D eigenvalue weighted by molar-refractivity contribution is 0.352. The third kappa shape index (κ3) is 3.19. The topological polar surface area (TPSA) is 42.5 Å². The maximum absolute atomic E-state index is 5.36. The SMILES string of the molecule is COc1cc(C)c(CNC2(C)CCNC2)cc1OC. The van der Waals surface area contributed by atoms with E-state index in [9.17, 15) is 0 Å². The molecule has 0 amide bonds. The van der Waals surface area contributed by atoms with Gasteiger partial charge in [0.1, 0.15) is 0 Å². The highest BCUT2D eigenvalue weighted by Crippen LogP contribution is 2.30. The van der Waals surface area contributed by atoms with Crippen LogP contribution in [0.2, 0.25) is 0 Å². The van der Waals surface area contributed by atoms with Gasteiger partial charge in [0.15, 0.2) is 11.5 Å². The number of nitrogens with one attached hydrogen (secondary N) is 2. The summed E-state index contributed by atoms with van der Waals surface area (Å²) in [4.78, 5) is 0. The Kier molecular flexibility index (Phi) is 4.32. The van der Waals surface area contributed by atoms with E-state index >= 15 is 0 Å². The molecule has 0 aliphatic carbocycles. The van der Waals surface area contributed by atoms with Crippen molar-refractivity contribution in [1.29, 1.82) is 0 Å². The van der Waals surface area contributed by atoms with Gasteiger partial charge in [-0.15, -0.1) is 0 Å². The second-order valence-corrected chi connectivity index (χ2v) is 5.47. The minimum atomic E-state index is 0.194. The van der Waals surface area contributed by atoms with Gasteiger partial charge in [-0.1, -0.05) is 0 Å². The van der Waals surface area contributed by atoms with Gasteiger partial charge in [0, 0.05) is 18.6 Å². The van der Waals surface area contributed by atoms with E-state index in [1.165, 1.54) is 17.5 Å². The number of rotatable bonds is 5. The quantitative estimate of drug-likeness (QED) is 0.852. The Balaban J connectivity index is 2.11. The van der Waals surface area contributed by atoms with E-state index in [1.54, 1.807) is 14.2 Å². The molecule has 2 N–H and O–H groups in total. The molecule has 1 aromatic rings. The molecule has 2 rings (SSSR count). The first-order chi connectivity index (χ1) is 9.08. The van der Waals surface area contributed by atoms with Crippen LogP contribution in [0.1, 0.15) is 24.5 Å². The molecule has 0 spiro atoms. The van der Waals surface area contributed by atoms with Gasteiger partial charge in [-0.05, 0) is 50.1 Å². The van der Waals surface area contributed by atoms with Crippen LogP contribution in [0.3, 0.4) is 0 Å². The van der Waals surface area contributed by atoms with E-state index in [-0.39, 0.29) is 5.54 Å². The van der Waals surface area contributed by atoms with Gasteiger partial charge in [0.05, 0.1) is 14.2 Å². The summed E-state index contributed by atoms with van der Waals surface area (Å²) in [6, 6.07) is 4.10. The summed E-state index contributed by atoms with van der Waals surface area (Å²) in [5, 5.41) is 7.04. The third-order valence-electron chi connectivity index (χ3n) is 3.92. The fourth-order valence-electron chi connectivity index (χ4n) is 2.49. The van der Waals surface area contributed by atoms with Gasteiger partial charge in [0.2, 0.25) is 0 Å². The molecule has 0 aromatic heterocycles. The largest absolute Gasteiger partial charge is 0.493 e. The number of hydrogen-bond acceptors (Lipinski definition) is 4. The third-order valence-corrected chi connectivity index (χ3v) is 3.92. The van der Waals surface area contributed by atoms with Crippen LogP contribution in [-0.4, -0.2) is 32.8 Å². The van der Waals surface area contributed by atoms with E-state index < -0.39 is 0 Å². The summed E-state index contributed by atoms with van der Waals surface area (Å²) in [6.07, 6.45) is 1.17. The number of hydrogen-bond donors (Lipinski definition) is 2. The van der Waals surface area contributed by atoms with Crippen molar-refractivity contribution in [2.75, 3.05) is 27.3 Å². The van der Waals surface area contributed by atoms with E-state index in [1.807, 2.05) is 6.07 Å². The lowest BCUT2D eigenvalue weighted by Gasteiger charge is -2.25. The summed E-state index contributed by atoms with van der Waals surface area (Å²) in [7, 11) is 3.34.